The average molecular weight is 798 g/mol. The molecule has 1 aliphatic carbocycles. The van der Waals surface area contributed by atoms with Crippen molar-refractivity contribution in [3.63, 3.8) is 0 Å². The number of nitrogens with one attached hydrogen (secondary N) is 2. The van der Waals surface area contributed by atoms with Crippen LogP contribution in [0.2, 0.25) is 18.1 Å². The van der Waals surface area contributed by atoms with Gasteiger partial charge in [-0.05, 0) is 70.9 Å². The number of carbonyl (C=O) groups is 3. The van der Waals surface area contributed by atoms with Crippen molar-refractivity contribution >= 4 is 43.9 Å². The van der Waals surface area contributed by atoms with Gasteiger partial charge in [0.05, 0.1) is 24.8 Å². The maximum absolute atomic E-state index is 14.3. The monoisotopic (exact) mass is 797 g/mol. The zero-order valence-electron chi connectivity index (χ0n) is 32.1. The van der Waals surface area contributed by atoms with Gasteiger partial charge < -0.3 is 46.8 Å². The lowest BCUT2D eigenvalue weighted by Crippen LogP contribution is -2.67. The number of primary amides is 1. The topological polar surface area (TPSA) is 262 Å². The second-order valence-corrected chi connectivity index (χ2v) is 21.2. The standard InChI is InChI=1S/C37H55N9O7SSi/c1-37(2,3)55(4,5)53-32-30(34(54-19-11-17-29(38)47)52-28(31(32)48)20-43-46-41)45-33(49)27(16-10-18-42-35(39)40)44-36(50)51-21-26-24-14-8-6-12-22(24)23-13-7-9-15-25(23)26/h6-9,12-15,26-28,30-32,34,48H,10-11,16-21H2,1-5H3,(H2,38,47)(H,44,50)(H,45,49)(H4,39,40,42)/t27-,28+,30+,31-,32+,34+/m0/s1. The van der Waals surface area contributed by atoms with E-state index in [1.54, 1.807) is 0 Å². The van der Waals surface area contributed by atoms with Crippen LogP contribution in [0.25, 0.3) is 21.6 Å². The summed E-state index contributed by atoms with van der Waals surface area (Å²) in [6, 6.07) is 13.9. The fraction of sp³-hybridized carbons (Fsp3) is 0.568. The number of guanidine groups is 1. The van der Waals surface area contributed by atoms with Crippen LogP contribution in [-0.2, 0) is 23.5 Å². The molecule has 1 saturated heterocycles. The first kappa shape index (κ1) is 43.4. The number of aliphatic hydroxyl groups excluding tert-OH is 1. The molecule has 1 aliphatic heterocycles. The van der Waals surface area contributed by atoms with Crippen molar-refractivity contribution in [2.45, 2.75) is 106 Å². The molecule has 18 heteroatoms. The van der Waals surface area contributed by atoms with Gasteiger partial charge in [-0.15, -0.1) is 11.8 Å². The lowest BCUT2D eigenvalue weighted by molar-refractivity contribution is -0.157. The predicted molar refractivity (Wildman–Crippen MR) is 215 cm³/mol. The molecule has 0 unspecified atom stereocenters. The number of hydrogen-bond donors (Lipinski definition) is 6. The van der Waals surface area contributed by atoms with E-state index in [2.05, 4.69) is 46.4 Å². The summed E-state index contributed by atoms with van der Waals surface area (Å²) >= 11 is 1.31. The summed E-state index contributed by atoms with van der Waals surface area (Å²) in [6.45, 7) is 10.3. The summed E-state index contributed by atoms with van der Waals surface area (Å²) in [7, 11) is -2.60. The van der Waals surface area contributed by atoms with Crippen LogP contribution < -0.4 is 27.8 Å². The van der Waals surface area contributed by atoms with Crippen LogP contribution in [0.15, 0.2) is 58.6 Å². The Kier molecular flexibility index (Phi) is 15.4. The van der Waals surface area contributed by atoms with E-state index >= 15 is 0 Å². The maximum atomic E-state index is 14.3. The minimum Gasteiger partial charge on any atom is -0.449 e. The fourth-order valence-electron chi connectivity index (χ4n) is 6.40. The summed E-state index contributed by atoms with van der Waals surface area (Å²) in [6.07, 6.45) is -2.93. The van der Waals surface area contributed by atoms with Gasteiger partial charge in [0.25, 0.3) is 0 Å². The van der Waals surface area contributed by atoms with E-state index in [-0.39, 0.29) is 49.5 Å². The average Bonchev–Trinajstić information content (AvgIpc) is 3.44. The molecule has 9 N–H and O–H groups in total. The number of aliphatic hydroxyl groups is 1. The van der Waals surface area contributed by atoms with Gasteiger partial charge in [-0.25, -0.2) is 4.79 Å². The molecule has 0 bridgehead atoms. The van der Waals surface area contributed by atoms with E-state index in [1.807, 2.05) is 61.6 Å². The smallest absolute Gasteiger partial charge is 0.407 e. The van der Waals surface area contributed by atoms with Crippen molar-refractivity contribution in [3.05, 3.63) is 70.1 Å². The summed E-state index contributed by atoms with van der Waals surface area (Å²) in [5, 5.41) is 20.9. The molecule has 2 aliphatic rings. The van der Waals surface area contributed by atoms with Crippen LogP contribution >= 0.6 is 11.8 Å². The highest BCUT2D eigenvalue weighted by Gasteiger charge is 2.51. The molecule has 0 radical (unpaired) electrons. The molecule has 6 atom stereocenters. The number of hydrogen-bond acceptors (Lipinski definition) is 10. The third-order valence-corrected chi connectivity index (χ3v) is 16.0. The lowest BCUT2D eigenvalue weighted by atomic mass is 9.97. The van der Waals surface area contributed by atoms with Gasteiger partial charge in [-0.1, -0.05) is 74.4 Å². The molecule has 0 spiro atoms. The maximum Gasteiger partial charge on any atom is 0.407 e. The number of aliphatic imine (C=N–C) groups is 1. The highest BCUT2D eigenvalue weighted by molar-refractivity contribution is 7.99. The molecule has 2 aromatic rings. The third-order valence-electron chi connectivity index (χ3n) is 10.3. The van der Waals surface area contributed by atoms with E-state index in [0.717, 1.165) is 22.3 Å². The highest BCUT2D eigenvalue weighted by Crippen LogP contribution is 2.45. The van der Waals surface area contributed by atoms with E-state index in [0.29, 0.717) is 18.6 Å². The SMILES string of the molecule is CC(C)(C)[Si](C)(C)O[C@H]1[C@@H](O)[C@@H](CN=[N+]=[N-])O[C@H](SCCCC(N)=O)[C@@H]1NC(=O)[C@H](CCCN=C(N)N)NC(=O)OCC1c2ccccc2-c2ccccc21. The number of rotatable bonds is 18. The fourth-order valence-corrected chi connectivity index (χ4v) is 8.92. The van der Waals surface area contributed by atoms with E-state index in [1.165, 1.54) is 11.8 Å². The van der Waals surface area contributed by atoms with E-state index < -0.39 is 62.1 Å². The van der Waals surface area contributed by atoms with Gasteiger partial charge in [-0.2, -0.15) is 0 Å². The van der Waals surface area contributed by atoms with E-state index in [4.69, 9.17) is 36.6 Å². The van der Waals surface area contributed by atoms with Gasteiger partial charge in [0, 0.05) is 23.8 Å². The molecule has 0 saturated carbocycles. The van der Waals surface area contributed by atoms with Crippen molar-refractivity contribution in [2.75, 3.05) is 25.4 Å². The first-order valence-electron chi connectivity index (χ1n) is 18.4. The summed E-state index contributed by atoms with van der Waals surface area (Å²) in [5.41, 5.74) is 29.0. The zero-order valence-corrected chi connectivity index (χ0v) is 34.0. The van der Waals surface area contributed by atoms with Gasteiger partial charge in [0.2, 0.25) is 11.8 Å². The van der Waals surface area contributed by atoms with Crippen LogP contribution in [0.5, 0.6) is 0 Å². The number of nitrogens with zero attached hydrogens (tertiary/aromatic N) is 4. The van der Waals surface area contributed by atoms with Gasteiger partial charge >= 0.3 is 6.09 Å². The predicted octanol–water partition coefficient (Wildman–Crippen LogP) is 4.22. The Morgan fingerprint density at radius 3 is 2.27 bits per heavy atom. The molecule has 1 heterocycles. The van der Waals surface area contributed by atoms with Crippen LogP contribution in [-0.4, -0.2) is 98.6 Å². The number of thioether (sulfide) groups is 1. The molecule has 16 nitrogen and oxygen atoms in total. The summed E-state index contributed by atoms with van der Waals surface area (Å²) in [4.78, 5) is 46.1. The summed E-state index contributed by atoms with van der Waals surface area (Å²) < 4.78 is 18.9. The number of ether oxygens (including phenoxy) is 2. The minimum absolute atomic E-state index is 0.0455. The van der Waals surface area contributed by atoms with Gasteiger partial charge in [-0.3, -0.25) is 14.6 Å². The second-order valence-electron chi connectivity index (χ2n) is 15.2. The van der Waals surface area contributed by atoms with Crippen LogP contribution in [0, 0.1) is 0 Å². The van der Waals surface area contributed by atoms with Gasteiger partial charge in [0.15, 0.2) is 14.3 Å². The van der Waals surface area contributed by atoms with E-state index in [9.17, 15) is 19.5 Å². The molecule has 0 aromatic heterocycles. The molecule has 3 amide bonds. The number of azide groups is 1. The lowest BCUT2D eigenvalue weighted by Gasteiger charge is -2.49. The normalized spacial score (nSPS) is 21.3. The molecule has 1 fully saturated rings. The van der Waals surface area contributed by atoms with Crippen LogP contribution in [0.4, 0.5) is 4.79 Å². The van der Waals surface area contributed by atoms with Crippen molar-refractivity contribution < 1.29 is 33.4 Å². The van der Waals surface area contributed by atoms with Crippen molar-refractivity contribution in [1.82, 2.24) is 10.6 Å². The summed E-state index contributed by atoms with van der Waals surface area (Å²) in [5.74, 6) is -0.882. The first-order valence-corrected chi connectivity index (χ1v) is 22.4. The van der Waals surface area contributed by atoms with Crippen LogP contribution in [0.3, 0.4) is 0 Å². The Balaban J connectivity index is 1.59. The number of fused-ring (bicyclic) bond motifs is 3. The number of alkyl carbamates (subject to hydrolysis) is 1. The largest absolute Gasteiger partial charge is 0.449 e. The molecular weight excluding hydrogens is 743 g/mol. The minimum atomic E-state index is -2.60. The number of benzene rings is 2. The van der Waals surface area contributed by atoms with Crippen molar-refractivity contribution in [1.29, 1.82) is 0 Å². The number of amides is 3. The molecule has 300 valence electrons. The Morgan fingerprint density at radius 1 is 1.05 bits per heavy atom. The zero-order chi connectivity index (χ0) is 40.3. The number of carbonyl (C=O) groups excluding carboxylic acids is 3. The highest BCUT2D eigenvalue weighted by atomic mass is 32.2. The molecule has 2 aromatic carbocycles. The van der Waals surface area contributed by atoms with Gasteiger partial charge in [0.1, 0.15) is 24.2 Å². The quantitative estimate of drug-likeness (QED) is 0.0238. The first-order chi connectivity index (χ1) is 26.0. The Labute approximate surface area is 327 Å². The van der Waals surface area contributed by atoms with Crippen LogP contribution in [0.1, 0.15) is 63.5 Å². The molecule has 4 rings (SSSR count). The Morgan fingerprint density at radius 2 is 1.69 bits per heavy atom. The Hall–Kier alpha value is -4.32. The number of nitrogens with two attached hydrogens (primary N) is 3. The Bertz CT molecular complexity index is 1690. The molecule has 55 heavy (non-hydrogen) atoms. The second kappa shape index (κ2) is 19.5. The third kappa shape index (κ3) is 11.6. The van der Waals surface area contributed by atoms with Crippen molar-refractivity contribution in [2.24, 2.45) is 27.3 Å². The van der Waals surface area contributed by atoms with Crippen molar-refractivity contribution in [3.8, 4) is 11.1 Å². The molecular formula is C37H55N9O7SSi.